The number of hydrogen-bond acceptors (Lipinski definition) is 4. The van der Waals surface area contributed by atoms with Crippen LogP contribution in [0.5, 0.6) is 0 Å². The van der Waals surface area contributed by atoms with E-state index >= 15 is 0 Å². The molecule has 0 unspecified atom stereocenters. The first-order chi connectivity index (χ1) is 9.19. The molecular weight excluding hydrogens is 240 g/mol. The van der Waals surface area contributed by atoms with E-state index in [1.807, 2.05) is 50.2 Å². The van der Waals surface area contributed by atoms with E-state index in [0.29, 0.717) is 12.4 Å². The van der Waals surface area contributed by atoms with Gasteiger partial charge in [-0.1, -0.05) is 30.3 Å². The standard InChI is InChI=1S/C14H16N4O/c1-11-8-12(2)15-16-14(11)17-18(10-19)9-13-6-4-3-5-7-13/h3-8,10H,9H2,1-2H3,(H,16,17). The number of anilines is 1. The van der Waals surface area contributed by atoms with E-state index in [9.17, 15) is 4.79 Å². The molecule has 1 aromatic heterocycles. The molecule has 5 nitrogen and oxygen atoms in total. The van der Waals surface area contributed by atoms with Gasteiger partial charge in [-0.05, 0) is 31.0 Å². The molecule has 2 aromatic rings. The summed E-state index contributed by atoms with van der Waals surface area (Å²) in [7, 11) is 0. The van der Waals surface area contributed by atoms with Crippen LogP contribution in [0.4, 0.5) is 5.82 Å². The van der Waals surface area contributed by atoms with E-state index < -0.39 is 0 Å². The Labute approximate surface area is 112 Å². The topological polar surface area (TPSA) is 58.1 Å². The first-order valence-electron chi connectivity index (χ1n) is 6.02. The largest absolute Gasteiger partial charge is 0.277 e. The van der Waals surface area contributed by atoms with Crippen molar-refractivity contribution in [3.8, 4) is 0 Å². The summed E-state index contributed by atoms with van der Waals surface area (Å²) in [5.74, 6) is 0.591. The highest BCUT2D eigenvalue weighted by Gasteiger charge is 2.07. The average Bonchev–Trinajstić information content (AvgIpc) is 2.42. The molecule has 2 rings (SSSR count). The van der Waals surface area contributed by atoms with Crippen molar-refractivity contribution in [3.05, 3.63) is 53.2 Å². The van der Waals surface area contributed by atoms with Crippen LogP contribution in [-0.4, -0.2) is 21.6 Å². The Hall–Kier alpha value is -2.43. The fourth-order valence-corrected chi connectivity index (χ4v) is 1.75. The number of nitrogens with zero attached hydrogens (tertiary/aromatic N) is 3. The van der Waals surface area contributed by atoms with Crippen molar-refractivity contribution in [2.75, 3.05) is 5.43 Å². The molecule has 0 saturated carbocycles. The molecule has 1 aromatic carbocycles. The van der Waals surface area contributed by atoms with Crippen molar-refractivity contribution in [1.82, 2.24) is 15.2 Å². The van der Waals surface area contributed by atoms with Crippen molar-refractivity contribution in [1.29, 1.82) is 0 Å². The van der Waals surface area contributed by atoms with Gasteiger partial charge in [0.15, 0.2) is 5.82 Å². The minimum absolute atomic E-state index is 0.472. The van der Waals surface area contributed by atoms with E-state index in [-0.39, 0.29) is 0 Å². The fraction of sp³-hybridized carbons (Fsp3) is 0.214. The van der Waals surface area contributed by atoms with Gasteiger partial charge < -0.3 is 0 Å². The average molecular weight is 256 g/mol. The van der Waals surface area contributed by atoms with Crippen LogP contribution in [0.1, 0.15) is 16.8 Å². The number of aromatic nitrogens is 2. The number of rotatable bonds is 5. The van der Waals surface area contributed by atoms with Crippen LogP contribution in [0, 0.1) is 13.8 Å². The van der Waals surface area contributed by atoms with Crippen LogP contribution in [0.15, 0.2) is 36.4 Å². The lowest BCUT2D eigenvalue weighted by molar-refractivity contribution is -0.117. The number of nitrogens with one attached hydrogen (secondary N) is 1. The third-order valence-electron chi connectivity index (χ3n) is 2.68. The highest BCUT2D eigenvalue weighted by atomic mass is 16.1. The van der Waals surface area contributed by atoms with E-state index in [1.54, 1.807) is 0 Å². The molecule has 19 heavy (non-hydrogen) atoms. The first-order valence-corrected chi connectivity index (χ1v) is 6.02. The Morgan fingerprint density at radius 2 is 1.95 bits per heavy atom. The van der Waals surface area contributed by atoms with Crippen molar-refractivity contribution in [2.45, 2.75) is 20.4 Å². The van der Waals surface area contributed by atoms with Gasteiger partial charge in [0.25, 0.3) is 0 Å². The van der Waals surface area contributed by atoms with Gasteiger partial charge in [0, 0.05) is 0 Å². The second kappa shape index (κ2) is 5.95. The minimum atomic E-state index is 0.472. The van der Waals surface area contributed by atoms with E-state index in [2.05, 4.69) is 15.6 Å². The van der Waals surface area contributed by atoms with E-state index in [1.165, 1.54) is 5.01 Å². The monoisotopic (exact) mass is 256 g/mol. The zero-order valence-corrected chi connectivity index (χ0v) is 11.0. The number of hydrogen-bond donors (Lipinski definition) is 1. The fourth-order valence-electron chi connectivity index (χ4n) is 1.75. The van der Waals surface area contributed by atoms with Crippen LogP contribution in [0.2, 0.25) is 0 Å². The Morgan fingerprint density at radius 3 is 2.58 bits per heavy atom. The Kier molecular flexibility index (Phi) is 4.07. The van der Waals surface area contributed by atoms with Crippen LogP contribution in [-0.2, 0) is 11.3 Å². The number of hydrazine groups is 1. The normalized spacial score (nSPS) is 10.0. The molecule has 0 saturated heterocycles. The lowest BCUT2D eigenvalue weighted by Gasteiger charge is -2.19. The maximum absolute atomic E-state index is 11.1. The van der Waals surface area contributed by atoms with Gasteiger partial charge in [-0.3, -0.25) is 15.2 Å². The molecule has 0 aliphatic heterocycles. The highest BCUT2D eigenvalue weighted by molar-refractivity contribution is 5.53. The Balaban J connectivity index is 2.09. The second-order valence-corrected chi connectivity index (χ2v) is 4.35. The molecule has 0 fully saturated rings. The van der Waals surface area contributed by atoms with E-state index in [0.717, 1.165) is 23.2 Å². The number of carbonyl (C=O) groups is 1. The van der Waals surface area contributed by atoms with Gasteiger partial charge in [0.1, 0.15) is 0 Å². The molecule has 1 amide bonds. The summed E-state index contributed by atoms with van der Waals surface area (Å²) in [6.07, 6.45) is 0.744. The third-order valence-corrected chi connectivity index (χ3v) is 2.68. The predicted octanol–water partition coefficient (Wildman–Crippen LogP) is 2.08. The lowest BCUT2D eigenvalue weighted by atomic mass is 10.2. The van der Waals surface area contributed by atoms with Crippen LogP contribution in [0.25, 0.3) is 0 Å². The van der Waals surface area contributed by atoms with Gasteiger partial charge in [-0.25, -0.2) is 0 Å². The molecule has 5 heteroatoms. The molecule has 0 aliphatic carbocycles. The number of benzene rings is 1. The SMILES string of the molecule is Cc1cc(C)c(NN(C=O)Cc2ccccc2)nn1. The van der Waals surface area contributed by atoms with Gasteiger partial charge in [0.2, 0.25) is 6.41 Å². The molecular formula is C14H16N4O. The summed E-state index contributed by atoms with van der Waals surface area (Å²) >= 11 is 0. The summed E-state index contributed by atoms with van der Waals surface area (Å²) < 4.78 is 0. The van der Waals surface area contributed by atoms with Crippen molar-refractivity contribution < 1.29 is 4.79 Å². The zero-order valence-electron chi connectivity index (χ0n) is 11.0. The maximum Gasteiger partial charge on any atom is 0.228 e. The molecule has 0 aliphatic rings. The van der Waals surface area contributed by atoms with Crippen LogP contribution < -0.4 is 5.43 Å². The molecule has 1 heterocycles. The molecule has 0 spiro atoms. The van der Waals surface area contributed by atoms with E-state index in [4.69, 9.17) is 0 Å². The second-order valence-electron chi connectivity index (χ2n) is 4.35. The Bertz CT molecular complexity index is 557. The molecule has 0 atom stereocenters. The Morgan fingerprint density at radius 1 is 1.21 bits per heavy atom. The van der Waals surface area contributed by atoms with Crippen molar-refractivity contribution >= 4 is 12.2 Å². The lowest BCUT2D eigenvalue weighted by Crippen LogP contribution is -2.29. The van der Waals surface area contributed by atoms with Gasteiger partial charge in [0.05, 0.1) is 12.2 Å². The summed E-state index contributed by atoms with van der Waals surface area (Å²) in [5.41, 5.74) is 5.81. The van der Waals surface area contributed by atoms with Gasteiger partial charge in [-0.2, -0.15) is 5.10 Å². The quantitative estimate of drug-likeness (QED) is 0.657. The summed E-state index contributed by atoms with van der Waals surface area (Å²) in [6.45, 7) is 4.28. The summed E-state index contributed by atoms with van der Waals surface area (Å²) in [6, 6.07) is 11.7. The summed E-state index contributed by atoms with van der Waals surface area (Å²) in [4.78, 5) is 11.1. The summed E-state index contributed by atoms with van der Waals surface area (Å²) in [5, 5.41) is 9.47. The first kappa shape index (κ1) is 13.0. The molecule has 0 radical (unpaired) electrons. The van der Waals surface area contributed by atoms with Gasteiger partial charge >= 0.3 is 0 Å². The smallest absolute Gasteiger partial charge is 0.228 e. The number of carbonyl (C=O) groups excluding carboxylic acids is 1. The van der Waals surface area contributed by atoms with Crippen LogP contribution in [0.3, 0.4) is 0 Å². The van der Waals surface area contributed by atoms with Crippen molar-refractivity contribution in [3.63, 3.8) is 0 Å². The number of amides is 1. The zero-order chi connectivity index (χ0) is 13.7. The van der Waals surface area contributed by atoms with Gasteiger partial charge in [-0.15, -0.1) is 5.10 Å². The molecule has 1 N–H and O–H groups in total. The minimum Gasteiger partial charge on any atom is -0.277 e. The van der Waals surface area contributed by atoms with Crippen LogP contribution >= 0.6 is 0 Å². The number of aryl methyl sites for hydroxylation is 2. The predicted molar refractivity (Wildman–Crippen MR) is 73.2 cm³/mol. The van der Waals surface area contributed by atoms with Crippen molar-refractivity contribution in [2.24, 2.45) is 0 Å². The highest BCUT2D eigenvalue weighted by Crippen LogP contribution is 2.12. The third kappa shape index (κ3) is 3.51. The maximum atomic E-state index is 11.1. The molecule has 98 valence electrons. The molecule has 0 bridgehead atoms.